The Labute approximate surface area is 100 Å². The molecule has 92 valence electrons. The molecule has 1 saturated heterocycles. The fourth-order valence-electron chi connectivity index (χ4n) is 1.98. The molecule has 1 amide bonds. The van der Waals surface area contributed by atoms with Gasteiger partial charge in [0.25, 0.3) is 5.91 Å². The molecule has 0 bridgehead atoms. The number of amides is 1. The molecule has 0 spiro atoms. The zero-order chi connectivity index (χ0) is 12.3. The van der Waals surface area contributed by atoms with Crippen molar-refractivity contribution < 1.29 is 14.6 Å². The van der Waals surface area contributed by atoms with E-state index >= 15 is 0 Å². The molecule has 2 heterocycles. The summed E-state index contributed by atoms with van der Waals surface area (Å²) in [6.45, 7) is 1.47. The summed E-state index contributed by atoms with van der Waals surface area (Å²) in [5.74, 6) is 0.678. The van der Waals surface area contributed by atoms with Crippen LogP contribution in [0.25, 0.3) is 0 Å². The van der Waals surface area contributed by atoms with E-state index in [1.807, 2.05) is 0 Å². The number of carbonyl (C=O) groups is 1. The van der Waals surface area contributed by atoms with Crippen molar-refractivity contribution in [1.82, 2.24) is 9.88 Å². The van der Waals surface area contributed by atoms with Crippen molar-refractivity contribution in [3.05, 3.63) is 23.9 Å². The van der Waals surface area contributed by atoms with Crippen molar-refractivity contribution in [2.24, 2.45) is 5.92 Å². The standard InChI is InChI=1S/C12H16N2O3/c1-17-11-3-2-10(6-13-11)12(16)14-5-4-9(7-14)8-15/h2-3,6,9,15H,4-5,7-8H2,1H3/t9-/m1/s1. The topological polar surface area (TPSA) is 62.7 Å². The molecule has 2 rings (SSSR count). The van der Waals surface area contributed by atoms with Crippen molar-refractivity contribution in [1.29, 1.82) is 0 Å². The van der Waals surface area contributed by atoms with Gasteiger partial charge in [-0.3, -0.25) is 4.79 Å². The van der Waals surface area contributed by atoms with Gasteiger partial charge in [-0.15, -0.1) is 0 Å². The maximum absolute atomic E-state index is 12.1. The third kappa shape index (κ3) is 2.55. The van der Waals surface area contributed by atoms with Gasteiger partial charge in [-0.2, -0.15) is 0 Å². The summed E-state index contributed by atoms with van der Waals surface area (Å²) in [5.41, 5.74) is 0.560. The van der Waals surface area contributed by atoms with E-state index < -0.39 is 0 Å². The number of methoxy groups -OCH3 is 1. The molecule has 1 atom stereocenters. The van der Waals surface area contributed by atoms with Gasteiger partial charge in [-0.25, -0.2) is 4.98 Å². The zero-order valence-corrected chi connectivity index (χ0v) is 9.80. The molecule has 1 N–H and O–H groups in total. The van der Waals surface area contributed by atoms with Gasteiger partial charge in [-0.1, -0.05) is 0 Å². The largest absolute Gasteiger partial charge is 0.481 e. The smallest absolute Gasteiger partial charge is 0.255 e. The predicted octanol–water partition coefficient (Wildman–Crippen LogP) is 0.545. The predicted molar refractivity (Wildman–Crippen MR) is 61.9 cm³/mol. The normalized spacial score (nSPS) is 19.4. The quantitative estimate of drug-likeness (QED) is 0.832. The van der Waals surface area contributed by atoms with Gasteiger partial charge in [0.1, 0.15) is 0 Å². The fraction of sp³-hybridized carbons (Fsp3) is 0.500. The minimum absolute atomic E-state index is 0.0314. The van der Waals surface area contributed by atoms with Crippen molar-refractivity contribution in [2.45, 2.75) is 6.42 Å². The van der Waals surface area contributed by atoms with E-state index in [9.17, 15) is 4.79 Å². The molecule has 0 unspecified atom stereocenters. The maximum atomic E-state index is 12.1. The number of aromatic nitrogens is 1. The number of nitrogens with zero attached hydrogens (tertiary/aromatic N) is 2. The molecule has 0 saturated carbocycles. The Morgan fingerprint density at radius 3 is 3.00 bits per heavy atom. The van der Waals surface area contributed by atoms with Gasteiger partial charge in [-0.05, 0) is 12.5 Å². The summed E-state index contributed by atoms with van der Waals surface area (Å²) in [5, 5.41) is 9.04. The number of hydrogen-bond acceptors (Lipinski definition) is 4. The molecule has 1 aliphatic rings. The average molecular weight is 236 g/mol. The SMILES string of the molecule is COc1ccc(C(=O)N2CC[C@@H](CO)C2)cn1. The number of carbonyl (C=O) groups excluding carboxylic acids is 1. The third-order valence-corrected chi connectivity index (χ3v) is 3.02. The maximum Gasteiger partial charge on any atom is 0.255 e. The first-order chi connectivity index (χ1) is 8.24. The molecule has 0 radical (unpaired) electrons. The summed E-state index contributed by atoms with van der Waals surface area (Å²) in [7, 11) is 1.54. The van der Waals surface area contributed by atoms with E-state index in [2.05, 4.69) is 4.98 Å². The van der Waals surface area contributed by atoms with E-state index in [0.717, 1.165) is 6.42 Å². The van der Waals surface area contributed by atoms with Crippen LogP contribution in [0.3, 0.4) is 0 Å². The molecular formula is C12H16N2O3. The highest BCUT2D eigenvalue weighted by Crippen LogP contribution is 2.18. The Balaban J connectivity index is 2.04. The summed E-state index contributed by atoms with van der Waals surface area (Å²) in [6.07, 6.45) is 2.39. The van der Waals surface area contributed by atoms with E-state index in [4.69, 9.17) is 9.84 Å². The monoisotopic (exact) mass is 236 g/mol. The lowest BCUT2D eigenvalue weighted by molar-refractivity contribution is 0.0781. The first kappa shape index (κ1) is 11.9. The number of likely N-dealkylation sites (tertiary alicyclic amines) is 1. The lowest BCUT2D eigenvalue weighted by Crippen LogP contribution is -2.29. The van der Waals surface area contributed by atoms with Crippen LogP contribution in [-0.2, 0) is 0 Å². The van der Waals surface area contributed by atoms with Crippen LogP contribution >= 0.6 is 0 Å². The Morgan fingerprint density at radius 1 is 1.65 bits per heavy atom. The first-order valence-corrected chi connectivity index (χ1v) is 5.64. The minimum Gasteiger partial charge on any atom is -0.481 e. The lowest BCUT2D eigenvalue weighted by atomic mass is 10.1. The average Bonchev–Trinajstić information content (AvgIpc) is 2.87. The Morgan fingerprint density at radius 2 is 2.47 bits per heavy atom. The molecule has 0 aliphatic carbocycles. The molecule has 1 aliphatic heterocycles. The third-order valence-electron chi connectivity index (χ3n) is 3.02. The van der Waals surface area contributed by atoms with Crippen LogP contribution in [0.4, 0.5) is 0 Å². The fourth-order valence-corrected chi connectivity index (χ4v) is 1.98. The Bertz CT molecular complexity index is 391. The van der Waals surface area contributed by atoms with Crippen molar-refractivity contribution in [3.8, 4) is 5.88 Å². The van der Waals surface area contributed by atoms with E-state index in [1.165, 1.54) is 13.3 Å². The highest BCUT2D eigenvalue weighted by atomic mass is 16.5. The second kappa shape index (κ2) is 5.14. The molecule has 5 nitrogen and oxygen atoms in total. The van der Waals surface area contributed by atoms with E-state index in [0.29, 0.717) is 24.5 Å². The Kier molecular flexibility index (Phi) is 3.58. The van der Waals surface area contributed by atoms with Gasteiger partial charge in [0, 0.05) is 37.9 Å². The van der Waals surface area contributed by atoms with Crippen LogP contribution in [0.5, 0.6) is 5.88 Å². The van der Waals surface area contributed by atoms with Crippen molar-refractivity contribution in [2.75, 3.05) is 26.8 Å². The highest BCUT2D eigenvalue weighted by molar-refractivity contribution is 5.94. The number of rotatable bonds is 3. The van der Waals surface area contributed by atoms with Crippen LogP contribution in [0.15, 0.2) is 18.3 Å². The van der Waals surface area contributed by atoms with Gasteiger partial charge in [0.05, 0.1) is 12.7 Å². The van der Waals surface area contributed by atoms with Gasteiger partial charge >= 0.3 is 0 Å². The molecule has 17 heavy (non-hydrogen) atoms. The van der Waals surface area contributed by atoms with Crippen LogP contribution in [0.1, 0.15) is 16.8 Å². The van der Waals surface area contributed by atoms with Crippen LogP contribution < -0.4 is 4.74 Å². The van der Waals surface area contributed by atoms with Gasteiger partial charge < -0.3 is 14.7 Å². The van der Waals surface area contributed by atoms with E-state index in [-0.39, 0.29) is 18.4 Å². The van der Waals surface area contributed by atoms with Gasteiger partial charge in [0.15, 0.2) is 0 Å². The molecule has 1 fully saturated rings. The molecular weight excluding hydrogens is 220 g/mol. The van der Waals surface area contributed by atoms with Crippen molar-refractivity contribution >= 4 is 5.91 Å². The summed E-state index contributed by atoms with van der Waals surface area (Å²) in [4.78, 5) is 17.8. The first-order valence-electron chi connectivity index (χ1n) is 5.64. The number of ether oxygens (including phenoxy) is 1. The second-order valence-corrected chi connectivity index (χ2v) is 4.18. The van der Waals surface area contributed by atoms with Crippen LogP contribution in [0, 0.1) is 5.92 Å². The number of aliphatic hydroxyl groups excluding tert-OH is 1. The molecule has 0 aromatic carbocycles. The molecule has 5 heteroatoms. The number of aliphatic hydroxyl groups is 1. The lowest BCUT2D eigenvalue weighted by Gasteiger charge is -2.15. The van der Waals surface area contributed by atoms with Crippen LogP contribution in [0.2, 0.25) is 0 Å². The Hall–Kier alpha value is -1.62. The second-order valence-electron chi connectivity index (χ2n) is 4.18. The number of hydrogen-bond donors (Lipinski definition) is 1. The highest BCUT2D eigenvalue weighted by Gasteiger charge is 2.26. The summed E-state index contributed by atoms with van der Waals surface area (Å²) >= 11 is 0. The van der Waals surface area contributed by atoms with Crippen molar-refractivity contribution in [3.63, 3.8) is 0 Å². The summed E-state index contributed by atoms with van der Waals surface area (Å²) in [6, 6.07) is 3.38. The van der Waals surface area contributed by atoms with Crippen LogP contribution in [-0.4, -0.2) is 47.7 Å². The zero-order valence-electron chi connectivity index (χ0n) is 9.80. The molecule has 1 aromatic heterocycles. The number of pyridine rings is 1. The van der Waals surface area contributed by atoms with Gasteiger partial charge in [0.2, 0.25) is 5.88 Å². The summed E-state index contributed by atoms with van der Waals surface area (Å²) < 4.78 is 4.94. The minimum atomic E-state index is -0.0314. The molecule has 1 aromatic rings. The van der Waals surface area contributed by atoms with E-state index in [1.54, 1.807) is 17.0 Å².